The Morgan fingerprint density at radius 2 is 2.00 bits per heavy atom. The molecular formula is C24H22ClN3O3. The van der Waals surface area contributed by atoms with Crippen LogP contribution in [-0.2, 0) is 4.79 Å². The fraction of sp³-hybridized carbons (Fsp3) is 0.208. The van der Waals surface area contributed by atoms with E-state index >= 15 is 0 Å². The zero-order valence-corrected chi connectivity index (χ0v) is 18.0. The number of rotatable bonds is 7. The number of carbonyl (C=O) groups is 1. The van der Waals surface area contributed by atoms with Crippen LogP contribution in [0, 0.1) is 0 Å². The summed E-state index contributed by atoms with van der Waals surface area (Å²) in [6, 6.07) is 16.5. The third kappa shape index (κ3) is 4.86. The molecule has 2 aromatic heterocycles. The molecule has 0 saturated heterocycles. The molecule has 4 rings (SSSR count). The average Bonchev–Trinajstić information content (AvgIpc) is 3.23. The van der Waals surface area contributed by atoms with Crippen LogP contribution in [0.25, 0.3) is 22.7 Å². The van der Waals surface area contributed by atoms with Gasteiger partial charge in [0.05, 0.1) is 10.6 Å². The van der Waals surface area contributed by atoms with Crippen molar-refractivity contribution in [3.8, 4) is 17.2 Å². The first-order chi connectivity index (χ1) is 15.0. The first-order valence-electron chi connectivity index (χ1n) is 10.1. The quantitative estimate of drug-likeness (QED) is 0.381. The Bertz CT molecular complexity index is 1170. The number of oxazole rings is 1. The van der Waals surface area contributed by atoms with Gasteiger partial charge in [-0.2, -0.15) is 4.98 Å². The molecule has 0 radical (unpaired) electrons. The van der Waals surface area contributed by atoms with Crippen LogP contribution < -0.4 is 10.1 Å². The Hall–Kier alpha value is -3.38. The highest BCUT2D eigenvalue weighted by molar-refractivity contribution is 6.33. The Kier molecular flexibility index (Phi) is 6.18. The maximum atomic E-state index is 12.4. The number of hydrogen-bond donors (Lipinski definition) is 1. The number of benzene rings is 2. The smallest absolute Gasteiger partial charge is 0.262 e. The number of nitrogens with one attached hydrogen (secondary N) is 1. The molecule has 0 fully saturated rings. The van der Waals surface area contributed by atoms with Crippen LogP contribution in [0.4, 0.5) is 5.69 Å². The van der Waals surface area contributed by atoms with Gasteiger partial charge in [-0.05, 0) is 60.4 Å². The Labute approximate surface area is 185 Å². The van der Waals surface area contributed by atoms with Gasteiger partial charge in [0, 0.05) is 11.9 Å². The highest BCUT2D eigenvalue weighted by Gasteiger charge is 2.14. The van der Waals surface area contributed by atoms with Crippen LogP contribution in [-0.4, -0.2) is 22.5 Å². The lowest BCUT2D eigenvalue weighted by Gasteiger charge is -2.11. The molecule has 1 unspecified atom stereocenters. The summed E-state index contributed by atoms with van der Waals surface area (Å²) in [5.41, 5.74) is 3.45. The maximum absolute atomic E-state index is 12.4. The van der Waals surface area contributed by atoms with Crippen molar-refractivity contribution < 1.29 is 13.9 Å². The van der Waals surface area contributed by atoms with Crippen molar-refractivity contribution in [2.75, 3.05) is 11.9 Å². The molecular weight excluding hydrogens is 414 g/mol. The molecule has 0 bridgehead atoms. The lowest BCUT2D eigenvalue weighted by Crippen LogP contribution is -2.20. The molecule has 1 N–H and O–H groups in total. The first kappa shape index (κ1) is 20.9. The molecule has 0 aliphatic rings. The predicted octanol–water partition coefficient (Wildman–Crippen LogP) is 6.07. The number of hydrogen-bond acceptors (Lipinski definition) is 5. The van der Waals surface area contributed by atoms with Crippen molar-refractivity contribution in [2.24, 2.45) is 0 Å². The van der Waals surface area contributed by atoms with Crippen LogP contribution in [0.2, 0.25) is 5.02 Å². The third-order valence-electron chi connectivity index (χ3n) is 5.08. The van der Waals surface area contributed by atoms with E-state index in [1.54, 1.807) is 36.5 Å². The van der Waals surface area contributed by atoms with Gasteiger partial charge < -0.3 is 14.5 Å². The Morgan fingerprint density at radius 1 is 1.19 bits per heavy atom. The fourth-order valence-corrected chi connectivity index (χ4v) is 3.32. The second kappa shape index (κ2) is 9.18. The van der Waals surface area contributed by atoms with Crippen LogP contribution >= 0.6 is 11.6 Å². The fourth-order valence-electron chi connectivity index (χ4n) is 3.13. The van der Waals surface area contributed by atoms with Crippen molar-refractivity contribution in [3.05, 3.63) is 71.4 Å². The SMILES string of the molecule is CCC(C)c1ccc(OCC(=O)Nc2ccc(Cl)c(-c3nc4ncccc4o3)c2)cc1. The number of ether oxygens (including phenoxy) is 1. The van der Waals surface area contributed by atoms with Crippen molar-refractivity contribution in [3.63, 3.8) is 0 Å². The number of halogens is 1. The predicted molar refractivity (Wildman–Crippen MR) is 122 cm³/mol. The van der Waals surface area contributed by atoms with E-state index in [4.69, 9.17) is 20.8 Å². The van der Waals surface area contributed by atoms with Gasteiger partial charge in [0.15, 0.2) is 17.8 Å². The molecule has 0 aliphatic carbocycles. The molecule has 7 heteroatoms. The summed E-state index contributed by atoms with van der Waals surface area (Å²) in [6.07, 6.45) is 2.72. The average molecular weight is 436 g/mol. The van der Waals surface area contributed by atoms with Gasteiger partial charge in [0.25, 0.3) is 5.91 Å². The van der Waals surface area contributed by atoms with Crippen LogP contribution in [0.5, 0.6) is 5.75 Å². The zero-order valence-electron chi connectivity index (χ0n) is 17.3. The highest BCUT2D eigenvalue weighted by atomic mass is 35.5. The van der Waals surface area contributed by atoms with Crippen LogP contribution in [0.15, 0.2) is 65.2 Å². The van der Waals surface area contributed by atoms with Gasteiger partial charge in [-0.3, -0.25) is 4.79 Å². The molecule has 31 heavy (non-hydrogen) atoms. The van der Waals surface area contributed by atoms with E-state index in [1.807, 2.05) is 24.3 Å². The second-order valence-electron chi connectivity index (χ2n) is 7.25. The molecule has 0 spiro atoms. The van der Waals surface area contributed by atoms with Crippen molar-refractivity contribution >= 4 is 34.4 Å². The van der Waals surface area contributed by atoms with Crippen molar-refractivity contribution in [1.82, 2.24) is 9.97 Å². The van der Waals surface area contributed by atoms with Gasteiger partial charge in [-0.15, -0.1) is 0 Å². The Morgan fingerprint density at radius 3 is 2.74 bits per heavy atom. The highest BCUT2D eigenvalue weighted by Crippen LogP contribution is 2.31. The largest absolute Gasteiger partial charge is 0.484 e. The van der Waals surface area contributed by atoms with E-state index in [-0.39, 0.29) is 12.5 Å². The summed E-state index contributed by atoms with van der Waals surface area (Å²) in [6.45, 7) is 4.23. The van der Waals surface area contributed by atoms with Crippen molar-refractivity contribution in [2.45, 2.75) is 26.2 Å². The minimum atomic E-state index is -0.279. The normalized spacial score (nSPS) is 12.0. The summed E-state index contributed by atoms with van der Waals surface area (Å²) < 4.78 is 11.3. The van der Waals surface area contributed by atoms with Gasteiger partial charge in [0.1, 0.15) is 5.75 Å². The van der Waals surface area contributed by atoms with Gasteiger partial charge in [-0.25, -0.2) is 4.98 Å². The summed E-state index contributed by atoms with van der Waals surface area (Å²) >= 11 is 6.32. The van der Waals surface area contributed by atoms with E-state index in [0.29, 0.717) is 45.1 Å². The third-order valence-corrected chi connectivity index (χ3v) is 5.41. The number of anilines is 1. The standard InChI is InChI=1S/C24H22ClN3O3/c1-3-15(2)16-6-9-18(10-7-16)30-14-22(29)27-17-8-11-20(25)19(13-17)24-28-23-21(31-24)5-4-12-26-23/h4-13,15H,3,14H2,1-2H3,(H,27,29). The number of fused-ring (bicyclic) bond motifs is 1. The summed E-state index contributed by atoms with van der Waals surface area (Å²) in [5.74, 6) is 1.21. The summed E-state index contributed by atoms with van der Waals surface area (Å²) in [5, 5.41) is 3.27. The lowest BCUT2D eigenvalue weighted by atomic mass is 9.99. The van der Waals surface area contributed by atoms with Gasteiger partial charge in [-0.1, -0.05) is 37.6 Å². The van der Waals surface area contributed by atoms with E-state index < -0.39 is 0 Å². The van der Waals surface area contributed by atoms with Gasteiger partial charge >= 0.3 is 0 Å². The van der Waals surface area contributed by atoms with E-state index in [0.717, 1.165) is 6.42 Å². The second-order valence-corrected chi connectivity index (χ2v) is 7.66. The molecule has 1 amide bonds. The van der Waals surface area contributed by atoms with E-state index in [1.165, 1.54) is 5.56 Å². The molecule has 6 nitrogen and oxygen atoms in total. The number of aromatic nitrogens is 2. The molecule has 158 valence electrons. The molecule has 0 aliphatic heterocycles. The summed E-state index contributed by atoms with van der Waals surface area (Å²) in [4.78, 5) is 20.9. The number of pyridine rings is 1. The zero-order chi connectivity index (χ0) is 21.8. The van der Waals surface area contributed by atoms with Gasteiger partial charge in [0.2, 0.25) is 5.89 Å². The maximum Gasteiger partial charge on any atom is 0.262 e. The minimum absolute atomic E-state index is 0.104. The molecule has 2 aromatic carbocycles. The molecule has 1 atom stereocenters. The van der Waals surface area contributed by atoms with E-state index in [2.05, 4.69) is 29.1 Å². The van der Waals surface area contributed by atoms with Crippen LogP contribution in [0.1, 0.15) is 31.7 Å². The Balaban J connectivity index is 1.42. The van der Waals surface area contributed by atoms with E-state index in [9.17, 15) is 4.79 Å². The molecule has 4 aromatic rings. The van der Waals surface area contributed by atoms with Crippen molar-refractivity contribution in [1.29, 1.82) is 0 Å². The van der Waals surface area contributed by atoms with Crippen LogP contribution in [0.3, 0.4) is 0 Å². The topological polar surface area (TPSA) is 77.2 Å². The number of amides is 1. The molecule has 0 saturated carbocycles. The first-order valence-corrected chi connectivity index (χ1v) is 10.5. The number of nitrogens with zero attached hydrogens (tertiary/aromatic N) is 2. The monoisotopic (exact) mass is 435 g/mol. The summed E-state index contributed by atoms with van der Waals surface area (Å²) in [7, 11) is 0. The lowest BCUT2D eigenvalue weighted by molar-refractivity contribution is -0.118. The number of carbonyl (C=O) groups excluding carboxylic acids is 1. The minimum Gasteiger partial charge on any atom is -0.484 e. The molecule has 2 heterocycles.